The Hall–Kier alpha value is -0.440. The van der Waals surface area contributed by atoms with Gasteiger partial charge in [-0.05, 0) is 42.3 Å². The molecule has 1 nitrogen and oxygen atoms in total. The largest absolute Gasteiger partial charge is 0.330 e. The topological polar surface area (TPSA) is 26.0 Å². The van der Waals surface area contributed by atoms with Crippen molar-refractivity contribution < 1.29 is 0 Å². The van der Waals surface area contributed by atoms with Crippen molar-refractivity contribution in [3.05, 3.63) is 56.0 Å². The number of hydrogen-bond donors (Lipinski definition) is 1. The predicted molar refractivity (Wildman–Crippen MR) is 84.7 cm³/mol. The minimum Gasteiger partial charge on any atom is -0.330 e. The minimum atomic E-state index is 0.358. The molecular weight excluding hydrogens is 324 g/mol. The van der Waals surface area contributed by atoms with E-state index < -0.39 is 0 Å². The molecule has 100 valence electrons. The number of rotatable bonds is 3. The van der Waals surface area contributed by atoms with Gasteiger partial charge in [-0.3, -0.25) is 0 Å². The fourth-order valence-electron chi connectivity index (χ4n) is 1.84. The average molecular weight is 335 g/mol. The van der Waals surface area contributed by atoms with Crippen LogP contribution >= 0.6 is 46.4 Å². The summed E-state index contributed by atoms with van der Waals surface area (Å²) in [6.45, 7) is 0.540. The van der Waals surface area contributed by atoms with Gasteiger partial charge in [0.15, 0.2) is 0 Å². The van der Waals surface area contributed by atoms with E-state index in [9.17, 15) is 0 Å². The maximum atomic E-state index is 6.23. The van der Waals surface area contributed by atoms with Crippen LogP contribution in [-0.2, 0) is 6.42 Å². The van der Waals surface area contributed by atoms with Gasteiger partial charge in [-0.1, -0.05) is 58.5 Å². The first-order valence-electron chi connectivity index (χ1n) is 5.67. The van der Waals surface area contributed by atoms with Crippen LogP contribution in [0.1, 0.15) is 5.56 Å². The number of nitrogens with two attached hydrogens (primary N) is 1. The van der Waals surface area contributed by atoms with Gasteiger partial charge in [0, 0.05) is 10.6 Å². The zero-order chi connectivity index (χ0) is 14.0. The van der Waals surface area contributed by atoms with Gasteiger partial charge in [-0.2, -0.15) is 0 Å². The molecule has 0 spiro atoms. The lowest BCUT2D eigenvalue weighted by Crippen LogP contribution is -2.03. The molecule has 0 aromatic heterocycles. The SMILES string of the molecule is NCCc1cc(-c2ccc(Cl)c(Cl)c2Cl)ccc1Cl. The van der Waals surface area contributed by atoms with E-state index in [4.69, 9.17) is 52.1 Å². The summed E-state index contributed by atoms with van der Waals surface area (Å²) < 4.78 is 0. The molecule has 0 radical (unpaired) electrons. The highest BCUT2D eigenvalue weighted by atomic mass is 35.5. The van der Waals surface area contributed by atoms with Crippen LogP contribution in [0.4, 0.5) is 0 Å². The summed E-state index contributed by atoms with van der Waals surface area (Å²) in [6, 6.07) is 9.27. The second kappa shape index (κ2) is 6.34. The minimum absolute atomic E-state index is 0.358. The van der Waals surface area contributed by atoms with Crippen molar-refractivity contribution >= 4 is 46.4 Å². The van der Waals surface area contributed by atoms with Gasteiger partial charge in [0.2, 0.25) is 0 Å². The summed E-state index contributed by atoms with van der Waals surface area (Å²) in [5.41, 5.74) is 8.32. The summed E-state index contributed by atoms with van der Waals surface area (Å²) in [7, 11) is 0. The normalized spacial score (nSPS) is 10.8. The second-order valence-corrected chi connectivity index (χ2v) is 5.64. The second-order valence-electron chi connectivity index (χ2n) is 4.07. The Morgan fingerprint density at radius 1 is 0.842 bits per heavy atom. The van der Waals surface area contributed by atoms with Gasteiger partial charge in [0.25, 0.3) is 0 Å². The molecule has 5 heteroatoms. The third kappa shape index (κ3) is 3.18. The van der Waals surface area contributed by atoms with Crippen molar-refractivity contribution in [2.75, 3.05) is 6.54 Å². The Morgan fingerprint density at radius 3 is 2.21 bits per heavy atom. The molecule has 2 rings (SSSR count). The number of benzene rings is 2. The van der Waals surface area contributed by atoms with Crippen LogP contribution in [0.15, 0.2) is 30.3 Å². The molecule has 0 bridgehead atoms. The summed E-state index contributed by atoms with van der Waals surface area (Å²) in [5, 5.41) is 1.93. The molecule has 0 amide bonds. The van der Waals surface area contributed by atoms with Gasteiger partial charge in [-0.25, -0.2) is 0 Å². The standard InChI is InChI=1S/C14H11Cl4N/c15-11-3-1-8(7-9(11)5-6-19)10-2-4-12(16)14(18)13(10)17/h1-4,7H,5-6,19H2. The molecule has 0 atom stereocenters. The predicted octanol–water partition coefficient (Wildman–Crippen LogP) is 5.47. The molecule has 0 aliphatic rings. The third-order valence-corrected chi connectivity index (χ3v) is 4.47. The summed E-state index contributed by atoms with van der Waals surface area (Å²) in [4.78, 5) is 0. The quantitative estimate of drug-likeness (QED) is 0.740. The molecule has 2 aromatic carbocycles. The fourth-order valence-corrected chi connectivity index (χ4v) is 2.69. The Morgan fingerprint density at radius 2 is 1.53 bits per heavy atom. The molecule has 0 aliphatic heterocycles. The molecule has 0 fully saturated rings. The lowest BCUT2D eigenvalue weighted by Gasteiger charge is -2.10. The fraction of sp³-hybridized carbons (Fsp3) is 0.143. The zero-order valence-corrected chi connectivity index (χ0v) is 12.9. The van der Waals surface area contributed by atoms with E-state index in [-0.39, 0.29) is 0 Å². The van der Waals surface area contributed by atoms with Crippen molar-refractivity contribution in [1.82, 2.24) is 0 Å². The number of hydrogen-bond acceptors (Lipinski definition) is 1. The highest BCUT2D eigenvalue weighted by Gasteiger charge is 2.11. The Kier molecular flexibility index (Phi) is 4.99. The van der Waals surface area contributed by atoms with Crippen molar-refractivity contribution in [2.45, 2.75) is 6.42 Å². The molecular formula is C14H11Cl4N. The van der Waals surface area contributed by atoms with Gasteiger partial charge in [0.1, 0.15) is 0 Å². The van der Waals surface area contributed by atoms with Crippen LogP contribution in [0.25, 0.3) is 11.1 Å². The van der Waals surface area contributed by atoms with Crippen molar-refractivity contribution in [3.8, 4) is 11.1 Å². The van der Waals surface area contributed by atoms with Crippen LogP contribution < -0.4 is 5.73 Å². The monoisotopic (exact) mass is 333 g/mol. The molecule has 19 heavy (non-hydrogen) atoms. The summed E-state index contributed by atoms with van der Waals surface area (Å²) >= 11 is 24.3. The first-order valence-corrected chi connectivity index (χ1v) is 7.18. The molecule has 0 heterocycles. The number of halogens is 4. The summed E-state index contributed by atoms with van der Waals surface area (Å²) in [5.74, 6) is 0. The van der Waals surface area contributed by atoms with Gasteiger partial charge >= 0.3 is 0 Å². The van der Waals surface area contributed by atoms with Crippen LogP contribution in [0.2, 0.25) is 20.1 Å². The first-order chi connectivity index (χ1) is 9.04. The van der Waals surface area contributed by atoms with E-state index in [0.717, 1.165) is 16.7 Å². The van der Waals surface area contributed by atoms with Crippen molar-refractivity contribution in [2.24, 2.45) is 5.73 Å². The van der Waals surface area contributed by atoms with Crippen molar-refractivity contribution in [3.63, 3.8) is 0 Å². The molecule has 0 saturated carbocycles. The highest BCUT2D eigenvalue weighted by molar-refractivity contribution is 6.49. The lowest BCUT2D eigenvalue weighted by molar-refractivity contribution is 0.969. The Bertz CT molecular complexity index is 611. The van der Waals surface area contributed by atoms with E-state index in [1.807, 2.05) is 24.3 Å². The summed E-state index contributed by atoms with van der Waals surface area (Å²) in [6.07, 6.45) is 0.714. The van der Waals surface area contributed by atoms with Crippen LogP contribution in [0.5, 0.6) is 0 Å². The molecule has 0 unspecified atom stereocenters. The van der Waals surface area contributed by atoms with Crippen LogP contribution in [0, 0.1) is 0 Å². The van der Waals surface area contributed by atoms with Crippen LogP contribution in [-0.4, -0.2) is 6.54 Å². The first kappa shape index (κ1) is 15.0. The van der Waals surface area contributed by atoms with E-state index in [2.05, 4.69) is 0 Å². The molecule has 0 aliphatic carbocycles. The maximum absolute atomic E-state index is 6.23. The van der Waals surface area contributed by atoms with Crippen LogP contribution in [0.3, 0.4) is 0 Å². The average Bonchev–Trinajstić information content (AvgIpc) is 2.39. The van der Waals surface area contributed by atoms with Gasteiger partial charge in [0.05, 0.1) is 15.1 Å². The zero-order valence-electron chi connectivity index (χ0n) is 9.89. The smallest absolute Gasteiger partial charge is 0.0784 e. The van der Waals surface area contributed by atoms with Gasteiger partial charge in [-0.15, -0.1) is 0 Å². The Labute approximate surface area is 132 Å². The van der Waals surface area contributed by atoms with E-state index >= 15 is 0 Å². The maximum Gasteiger partial charge on any atom is 0.0784 e. The van der Waals surface area contributed by atoms with E-state index in [1.165, 1.54) is 0 Å². The molecule has 2 N–H and O–H groups in total. The molecule has 2 aromatic rings. The highest BCUT2D eigenvalue weighted by Crippen LogP contribution is 2.38. The lowest BCUT2D eigenvalue weighted by atomic mass is 10.0. The van der Waals surface area contributed by atoms with Crippen molar-refractivity contribution in [1.29, 1.82) is 0 Å². The third-order valence-electron chi connectivity index (χ3n) is 2.81. The Balaban J connectivity index is 2.53. The van der Waals surface area contributed by atoms with E-state index in [1.54, 1.807) is 6.07 Å². The van der Waals surface area contributed by atoms with Gasteiger partial charge < -0.3 is 5.73 Å². The molecule has 0 saturated heterocycles. The van der Waals surface area contributed by atoms with E-state index in [0.29, 0.717) is 33.1 Å².